The highest BCUT2D eigenvalue weighted by Gasteiger charge is 2.26. The van der Waals surface area contributed by atoms with Crippen molar-refractivity contribution in [3.8, 4) is 0 Å². The van der Waals surface area contributed by atoms with Gasteiger partial charge in [0.15, 0.2) is 0 Å². The number of anilines is 1. The number of piperidine rings is 1. The topological polar surface area (TPSA) is 55.9 Å². The molecule has 6 nitrogen and oxygen atoms in total. The molecule has 2 amide bonds. The molecule has 1 N–H and O–H groups in total. The summed E-state index contributed by atoms with van der Waals surface area (Å²) in [6.07, 6.45) is 3.93. The van der Waals surface area contributed by atoms with E-state index in [-0.39, 0.29) is 17.7 Å². The van der Waals surface area contributed by atoms with E-state index in [9.17, 15) is 9.59 Å². The van der Waals surface area contributed by atoms with Crippen LogP contribution in [-0.4, -0.2) is 74.0 Å². The Labute approximate surface area is 175 Å². The van der Waals surface area contributed by atoms with Gasteiger partial charge in [-0.3, -0.25) is 14.5 Å². The van der Waals surface area contributed by atoms with Crippen molar-refractivity contribution < 1.29 is 9.59 Å². The van der Waals surface area contributed by atoms with Crippen LogP contribution in [0.3, 0.4) is 0 Å². The fourth-order valence-corrected chi connectivity index (χ4v) is 4.35. The molecule has 0 spiro atoms. The largest absolute Gasteiger partial charge is 0.369 e. The highest BCUT2D eigenvalue weighted by Crippen LogP contribution is 2.18. The maximum Gasteiger partial charge on any atom is 0.224 e. The molecule has 6 heteroatoms. The lowest BCUT2D eigenvalue weighted by Gasteiger charge is -2.36. The summed E-state index contributed by atoms with van der Waals surface area (Å²) in [7, 11) is 0. The lowest BCUT2D eigenvalue weighted by molar-refractivity contribution is -0.133. The predicted octanol–water partition coefficient (Wildman–Crippen LogP) is 2.27. The smallest absolute Gasteiger partial charge is 0.224 e. The second kappa shape index (κ2) is 10.6. The Hall–Kier alpha value is -2.08. The highest BCUT2D eigenvalue weighted by molar-refractivity contribution is 5.80. The highest BCUT2D eigenvalue weighted by atomic mass is 16.2. The van der Waals surface area contributed by atoms with Gasteiger partial charge in [0.2, 0.25) is 11.8 Å². The van der Waals surface area contributed by atoms with Crippen molar-refractivity contribution in [2.24, 2.45) is 5.92 Å². The molecule has 0 aromatic heterocycles. The molecule has 29 heavy (non-hydrogen) atoms. The van der Waals surface area contributed by atoms with Gasteiger partial charge < -0.3 is 15.1 Å². The monoisotopic (exact) mass is 400 g/mol. The number of hydrogen-bond acceptors (Lipinski definition) is 4. The molecule has 2 heterocycles. The second-order valence-electron chi connectivity index (χ2n) is 8.47. The SMILES string of the molecule is CC(=O)N1CCCC(C(=O)NCCCCN2CCN(c3cccc(C)c3)CC2)C1. The predicted molar refractivity (Wildman–Crippen MR) is 117 cm³/mol. The number of amides is 2. The first-order valence-corrected chi connectivity index (χ1v) is 11.1. The minimum absolute atomic E-state index is 0.0395. The Balaban J connectivity index is 1.28. The van der Waals surface area contributed by atoms with Crippen LogP contribution in [0.5, 0.6) is 0 Å². The summed E-state index contributed by atoms with van der Waals surface area (Å²) >= 11 is 0. The number of piperazine rings is 1. The van der Waals surface area contributed by atoms with Gasteiger partial charge in [0.05, 0.1) is 5.92 Å². The summed E-state index contributed by atoms with van der Waals surface area (Å²) in [5.74, 6) is 0.148. The first-order chi connectivity index (χ1) is 14.0. The molecule has 1 unspecified atom stereocenters. The van der Waals surface area contributed by atoms with Crippen LogP contribution >= 0.6 is 0 Å². The zero-order chi connectivity index (χ0) is 20.6. The summed E-state index contributed by atoms with van der Waals surface area (Å²) in [4.78, 5) is 30.7. The van der Waals surface area contributed by atoms with Crippen LogP contribution in [0.4, 0.5) is 5.69 Å². The van der Waals surface area contributed by atoms with Gasteiger partial charge in [-0.25, -0.2) is 0 Å². The zero-order valence-electron chi connectivity index (χ0n) is 18.0. The van der Waals surface area contributed by atoms with Crippen LogP contribution in [0, 0.1) is 12.8 Å². The standard InChI is InChI=1S/C23H36N4O2/c1-19-7-5-9-22(17-19)26-15-13-25(14-16-26)11-4-3-10-24-23(29)21-8-6-12-27(18-21)20(2)28/h5,7,9,17,21H,3-4,6,8,10-16,18H2,1-2H3,(H,24,29). The third kappa shape index (κ3) is 6.46. The Morgan fingerprint density at radius 1 is 1.10 bits per heavy atom. The van der Waals surface area contributed by atoms with Gasteiger partial charge >= 0.3 is 0 Å². The van der Waals surface area contributed by atoms with Crippen molar-refractivity contribution in [3.05, 3.63) is 29.8 Å². The van der Waals surface area contributed by atoms with Crippen molar-refractivity contribution in [1.29, 1.82) is 0 Å². The number of nitrogens with zero attached hydrogens (tertiary/aromatic N) is 3. The molecule has 1 aromatic carbocycles. The second-order valence-corrected chi connectivity index (χ2v) is 8.47. The van der Waals surface area contributed by atoms with Crippen LogP contribution in [0.1, 0.15) is 38.2 Å². The van der Waals surface area contributed by atoms with E-state index in [1.807, 2.05) is 0 Å². The van der Waals surface area contributed by atoms with E-state index < -0.39 is 0 Å². The molecule has 0 bridgehead atoms. The van der Waals surface area contributed by atoms with Gasteiger partial charge in [-0.05, 0) is 56.8 Å². The van der Waals surface area contributed by atoms with Crippen LogP contribution in [0.25, 0.3) is 0 Å². The van der Waals surface area contributed by atoms with E-state index >= 15 is 0 Å². The molecule has 0 aliphatic carbocycles. The van der Waals surface area contributed by atoms with Gasteiger partial charge in [-0.2, -0.15) is 0 Å². The average molecular weight is 401 g/mol. The molecular weight excluding hydrogens is 364 g/mol. The maximum atomic E-state index is 12.4. The molecule has 2 fully saturated rings. The van der Waals surface area contributed by atoms with Crippen LogP contribution < -0.4 is 10.2 Å². The molecule has 1 atom stereocenters. The van der Waals surface area contributed by atoms with E-state index in [1.54, 1.807) is 11.8 Å². The van der Waals surface area contributed by atoms with Crippen molar-refractivity contribution in [1.82, 2.24) is 15.1 Å². The fourth-order valence-electron chi connectivity index (χ4n) is 4.35. The summed E-state index contributed by atoms with van der Waals surface area (Å²) < 4.78 is 0. The molecule has 0 saturated carbocycles. The zero-order valence-corrected chi connectivity index (χ0v) is 18.0. The molecule has 2 aliphatic rings. The number of benzene rings is 1. The van der Waals surface area contributed by atoms with Crippen molar-refractivity contribution in [2.45, 2.75) is 39.5 Å². The van der Waals surface area contributed by atoms with E-state index in [1.165, 1.54) is 11.3 Å². The Morgan fingerprint density at radius 3 is 2.62 bits per heavy atom. The van der Waals surface area contributed by atoms with E-state index in [0.717, 1.165) is 71.5 Å². The minimum atomic E-state index is -0.0395. The van der Waals surface area contributed by atoms with Crippen LogP contribution in [0.2, 0.25) is 0 Å². The van der Waals surface area contributed by atoms with Crippen LogP contribution in [-0.2, 0) is 9.59 Å². The first kappa shape index (κ1) is 21.6. The molecule has 0 radical (unpaired) electrons. The molecule has 160 valence electrons. The summed E-state index contributed by atoms with van der Waals surface area (Å²) in [6.45, 7) is 11.3. The Kier molecular flexibility index (Phi) is 7.92. The first-order valence-electron chi connectivity index (χ1n) is 11.1. The lowest BCUT2D eigenvalue weighted by atomic mass is 9.97. The molecule has 2 saturated heterocycles. The van der Waals surface area contributed by atoms with Gasteiger partial charge in [-0.15, -0.1) is 0 Å². The summed E-state index contributed by atoms with van der Waals surface area (Å²) in [5.41, 5.74) is 2.65. The number of hydrogen-bond donors (Lipinski definition) is 1. The fraction of sp³-hybridized carbons (Fsp3) is 0.652. The van der Waals surface area contributed by atoms with Gasteiger partial charge in [0, 0.05) is 58.4 Å². The normalized spacial score (nSPS) is 20.6. The molecular formula is C23H36N4O2. The van der Waals surface area contributed by atoms with E-state index in [4.69, 9.17) is 0 Å². The Bertz CT molecular complexity index is 685. The Morgan fingerprint density at radius 2 is 1.90 bits per heavy atom. The third-order valence-electron chi connectivity index (χ3n) is 6.18. The molecule has 1 aromatic rings. The van der Waals surface area contributed by atoms with Crippen LogP contribution in [0.15, 0.2) is 24.3 Å². The molecule has 2 aliphatic heterocycles. The van der Waals surface area contributed by atoms with Gasteiger partial charge in [0.1, 0.15) is 0 Å². The number of aryl methyl sites for hydroxylation is 1. The number of nitrogens with one attached hydrogen (secondary N) is 1. The lowest BCUT2D eigenvalue weighted by Crippen LogP contribution is -2.46. The quantitative estimate of drug-likeness (QED) is 0.714. The molecule has 3 rings (SSSR count). The number of rotatable bonds is 7. The summed E-state index contributed by atoms with van der Waals surface area (Å²) in [5, 5.41) is 3.08. The van der Waals surface area contributed by atoms with Gasteiger partial charge in [-0.1, -0.05) is 12.1 Å². The number of carbonyl (C=O) groups is 2. The van der Waals surface area contributed by atoms with E-state index in [2.05, 4.69) is 46.3 Å². The number of likely N-dealkylation sites (tertiary alicyclic amines) is 1. The van der Waals surface area contributed by atoms with Crippen molar-refractivity contribution in [3.63, 3.8) is 0 Å². The number of carbonyl (C=O) groups excluding carboxylic acids is 2. The number of unbranched alkanes of at least 4 members (excludes halogenated alkanes) is 1. The average Bonchev–Trinajstić information content (AvgIpc) is 2.74. The third-order valence-corrected chi connectivity index (χ3v) is 6.18. The van der Waals surface area contributed by atoms with Gasteiger partial charge in [0.25, 0.3) is 0 Å². The minimum Gasteiger partial charge on any atom is -0.369 e. The summed E-state index contributed by atoms with van der Waals surface area (Å²) in [6, 6.07) is 8.75. The van der Waals surface area contributed by atoms with Crippen molar-refractivity contribution >= 4 is 17.5 Å². The van der Waals surface area contributed by atoms with Crippen molar-refractivity contribution in [2.75, 3.05) is 57.3 Å². The van der Waals surface area contributed by atoms with E-state index in [0.29, 0.717) is 6.54 Å². The maximum absolute atomic E-state index is 12.4.